The molecule has 2 rings (SSSR count). The van der Waals surface area contributed by atoms with Crippen molar-refractivity contribution in [2.24, 2.45) is 23.7 Å². The molecule has 0 aromatic heterocycles. The van der Waals surface area contributed by atoms with Crippen LogP contribution in [0.2, 0.25) is 0 Å². The van der Waals surface area contributed by atoms with Gasteiger partial charge in [0.1, 0.15) is 0 Å². The number of amides is 1. The molecule has 0 aliphatic heterocycles. The maximum Gasteiger partial charge on any atom is 0.232 e. The van der Waals surface area contributed by atoms with Crippen LogP contribution in [0.3, 0.4) is 0 Å². The van der Waals surface area contributed by atoms with Crippen molar-refractivity contribution < 1.29 is 15.0 Å². The lowest BCUT2D eigenvalue weighted by Crippen LogP contribution is -2.23. The molecule has 0 bridgehead atoms. The summed E-state index contributed by atoms with van der Waals surface area (Å²) >= 11 is 1.74. The SMILES string of the molecule is CCCCCC(O)C=C[C@H]1[C@@H]2CC(CCSCC(=O)N(C)C)C[C@H]2C[C@@H]1O. The van der Waals surface area contributed by atoms with Gasteiger partial charge in [0.2, 0.25) is 5.91 Å². The minimum Gasteiger partial charge on any atom is -0.392 e. The van der Waals surface area contributed by atoms with Gasteiger partial charge in [-0.3, -0.25) is 4.79 Å². The van der Waals surface area contributed by atoms with E-state index in [9.17, 15) is 15.0 Å². The Morgan fingerprint density at radius 1 is 1.26 bits per heavy atom. The van der Waals surface area contributed by atoms with Crippen LogP contribution in [0.1, 0.15) is 58.3 Å². The topological polar surface area (TPSA) is 60.8 Å². The minimum absolute atomic E-state index is 0.189. The predicted molar refractivity (Wildman–Crippen MR) is 114 cm³/mol. The number of hydrogen-bond acceptors (Lipinski definition) is 4. The third-order valence-corrected chi connectivity index (χ3v) is 7.36. The molecule has 2 aliphatic rings. The third kappa shape index (κ3) is 7.10. The Morgan fingerprint density at radius 2 is 2.04 bits per heavy atom. The Labute approximate surface area is 169 Å². The Bertz CT molecular complexity index is 482. The van der Waals surface area contributed by atoms with E-state index in [1.54, 1.807) is 30.8 Å². The van der Waals surface area contributed by atoms with Gasteiger partial charge in [-0.15, -0.1) is 0 Å². The Hall–Kier alpha value is -0.520. The number of rotatable bonds is 11. The standard InChI is InChI=1S/C22H39NO3S/c1-4-5-6-7-18(24)8-9-19-20-13-16(12-17(20)14-21(19)25)10-11-27-15-22(26)23(2)3/h8-9,16-21,24-25H,4-7,10-15H2,1-3H3/t16?,17-,18?,19-,20+,21-/m0/s1. The van der Waals surface area contributed by atoms with Crippen molar-refractivity contribution in [3.8, 4) is 0 Å². The number of unbranched alkanes of at least 4 members (excludes halogenated alkanes) is 2. The van der Waals surface area contributed by atoms with Gasteiger partial charge in [-0.25, -0.2) is 0 Å². The Morgan fingerprint density at radius 3 is 2.74 bits per heavy atom. The zero-order valence-corrected chi connectivity index (χ0v) is 18.2. The lowest BCUT2D eigenvalue weighted by atomic mass is 9.89. The number of carbonyl (C=O) groups is 1. The van der Waals surface area contributed by atoms with Crippen molar-refractivity contribution in [1.82, 2.24) is 4.90 Å². The highest BCUT2D eigenvalue weighted by Gasteiger charge is 2.46. The fourth-order valence-electron chi connectivity index (χ4n) is 4.77. The summed E-state index contributed by atoms with van der Waals surface area (Å²) in [5.74, 6) is 3.94. The van der Waals surface area contributed by atoms with Crippen molar-refractivity contribution in [1.29, 1.82) is 0 Å². The molecule has 2 unspecified atom stereocenters. The van der Waals surface area contributed by atoms with Gasteiger partial charge in [0.05, 0.1) is 18.0 Å². The maximum absolute atomic E-state index is 11.6. The van der Waals surface area contributed by atoms with Crippen LogP contribution in [0, 0.1) is 23.7 Å². The van der Waals surface area contributed by atoms with E-state index in [1.165, 1.54) is 32.1 Å². The molecule has 0 spiro atoms. The summed E-state index contributed by atoms with van der Waals surface area (Å²) in [6.07, 6.45) is 12.1. The first-order valence-electron chi connectivity index (χ1n) is 10.7. The number of thioether (sulfide) groups is 1. The van der Waals surface area contributed by atoms with E-state index >= 15 is 0 Å². The smallest absolute Gasteiger partial charge is 0.232 e. The highest BCUT2D eigenvalue weighted by Crippen LogP contribution is 2.51. The number of fused-ring (bicyclic) bond motifs is 1. The summed E-state index contributed by atoms with van der Waals surface area (Å²) in [5, 5.41) is 20.6. The van der Waals surface area contributed by atoms with E-state index in [2.05, 4.69) is 13.0 Å². The van der Waals surface area contributed by atoms with Crippen molar-refractivity contribution in [3.05, 3.63) is 12.2 Å². The van der Waals surface area contributed by atoms with Crippen LogP contribution in [0.25, 0.3) is 0 Å². The minimum atomic E-state index is -0.370. The highest BCUT2D eigenvalue weighted by atomic mass is 32.2. The van der Waals surface area contributed by atoms with Gasteiger partial charge in [0, 0.05) is 20.0 Å². The maximum atomic E-state index is 11.6. The first kappa shape index (κ1) is 22.8. The van der Waals surface area contributed by atoms with Crippen LogP contribution in [0.4, 0.5) is 0 Å². The van der Waals surface area contributed by atoms with Crippen LogP contribution in [0.15, 0.2) is 12.2 Å². The monoisotopic (exact) mass is 397 g/mol. The second-order valence-corrected chi connectivity index (χ2v) is 9.82. The summed E-state index contributed by atoms with van der Waals surface area (Å²) in [5.41, 5.74) is 0. The normalized spacial score (nSPS) is 31.4. The molecule has 0 radical (unpaired) electrons. The van der Waals surface area contributed by atoms with Gasteiger partial charge in [0.15, 0.2) is 0 Å². The fourth-order valence-corrected chi connectivity index (χ4v) is 5.85. The quantitative estimate of drug-likeness (QED) is 0.412. The van der Waals surface area contributed by atoms with Crippen molar-refractivity contribution in [3.63, 3.8) is 0 Å². The molecule has 5 heteroatoms. The van der Waals surface area contributed by atoms with Crippen LogP contribution < -0.4 is 0 Å². The summed E-state index contributed by atoms with van der Waals surface area (Å²) in [6.45, 7) is 2.17. The summed E-state index contributed by atoms with van der Waals surface area (Å²) in [6, 6.07) is 0. The average Bonchev–Trinajstić information content (AvgIpc) is 3.13. The van der Waals surface area contributed by atoms with Crippen LogP contribution in [0.5, 0.6) is 0 Å². The lowest BCUT2D eigenvalue weighted by Gasteiger charge is -2.19. The van der Waals surface area contributed by atoms with Gasteiger partial charge < -0.3 is 15.1 Å². The average molecular weight is 398 g/mol. The van der Waals surface area contributed by atoms with E-state index in [4.69, 9.17) is 0 Å². The second kappa shape index (κ2) is 11.5. The van der Waals surface area contributed by atoms with Gasteiger partial charge in [-0.1, -0.05) is 38.3 Å². The molecule has 0 saturated heterocycles. The lowest BCUT2D eigenvalue weighted by molar-refractivity contribution is -0.125. The summed E-state index contributed by atoms with van der Waals surface area (Å²) in [4.78, 5) is 13.3. The molecular formula is C22H39NO3S. The molecule has 0 aromatic rings. The Balaban J connectivity index is 1.73. The molecule has 2 N–H and O–H groups in total. The molecule has 0 aromatic carbocycles. The fraction of sp³-hybridized carbons (Fsp3) is 0.864. The molecule has 4 nitrogen and oxygen atoms in total. The number of aliphatic hydroxyl groups is 2. The van der Waals surface area contributed by atoms with Crippen molar-refractivity contribution in [2.75, 3.05) is 25.6 Å². The number of hydrogen-bond donors (Lipinski definition) is 2. The molecule has 6 atom stereocenters. The zero-order chi connectivity index (χ0) is 19.8. The molecule has 2 saturated carbocycles. The van der Waals surface area contributed by atoms with E-state index < -0.39 is 0 Å². The molecule has 156 valence electrons. The third-order valence-electron chi connectivity index (χ3n) is 6.38. The van der Waals surface area contributed by atoms with E-state index in [1.807, 2.05) is 6.08 Å². The van der Waals surface area contributed by atoms with Gasteiger partial charge in [-0.2, -0.15) is 11.8 Å². The molecule has 2 aliphatic carbocycles. The largest absolute Gasteiger partial charge is 0.392 e. The number of nitrogens with zero attached hydrogens (tertiary/aromatic N) is 1. The van der Waals surface area contributed by atoms with Crippen molar-refractivity contribution in [2.45, 2.75) is 70.5 Å². The van der Waals surface area contributed by atoms with Gasteiger partial charge in [-0.05, 0) is 55.6 Å². The van der Waals surface area contributed by atoms with Crippen LogP contribution in [-0.4, -0.2) is 58.8 Å². The van der Waals surface area contributed by atoms with Crippen molar-refractivity contribution >= 4 is 17.7 Å². The zero-order valence-electron chi connectivity index (χ0n) is 17.3. The van der Waals surface area contributed by atoms with Crippen LogP contribution in [-0.2, 0) is 4.79 Å². The summed E-state index contributed by atoms with van der Waals surface area (Å²) < 4.78 is 0. The van der Waals surface area contributed by atoms with Gasteiger partial charge in [0.25, 0.3) is 0 Å². The number of aliphatic hydroxyl groups excluding tert-OH is 2. The second-order valence-electron chi connectivity index (χ2n) is 8.72. The molecule has 0 heterocycles. The molecule has 2 fully saturated rings. The molecular weight excluding hydrogens is 358 g/mol. The highest BCUT2D eigenvalue weighted by molar-refractivity contribution is 7.99. The van der Waals surface area contributed by atoms with Gasteiger partial charge >= 0.3 is 0 Å². The first-order valence-corrected chi connectivity index (χ1v) is 11.9. The van der Waals surface area contributed by atoms with E-state index in [0.717, 1.165) is 30.9 Å². The molecule has 27 heavy (non-hydrogen) atoms. The van der Waals surface area contributed by atoms with Crippen LogP contribution >= 0.6 is 11.8 Å². The summed E-state index contributed by atoms with van der Waals surface area (Å²) in [7, 11) is 3.61. The van der Waals surface area contributed by atoms with E-state index in [-0.39, 0.29) is 24.0 Å². The molecule has 1 amide bonds. The number of carbonyl (C=O) groups excluding carboxylic acids is 1. The van der Waals surface area contributed by atoms with E-state index in [0.29, 0.717) is 17.6 Å². The predicted octanol–water partition coefficient (Wildman–Crippen LogP) is 3.72. The first-order chi connectivity index (χ1) is 12.9. The Kier molecular flexibility index (Phi) is 9.67.